The second-order valence-corrected chi connectivity index (χ2v) is 4.88. The first kappa shape index (κ1) is 13.6. The van der Waals surface area contributed by atoms with Crippen LogP contribution in [0.1, 0.15) is 44.0 Å². The Morgan fingerprint density at radius 3 is 2.59 bits per heavy atom. The van der Waals surface area contributed by atoms with Gasteiger partial charge in [0.05, 0.1) is 0 Å². The third-order valence-corrected chi connectivity index (χ3v) is 3.10. The summed E-state index contributed by atoms with van der Waals surface area (Å²) < 4.78 is 0. The van der Waals surface area contributed by atoms with Gasteiger partial charge in [-0.05, 0) is 12.8 Å². The monoisotopic (exact) mass is 256 g/mol. The maximum Gasteiger partial charge on any atom is 0.226 e. The summed E-state index contributed by atoms with van der Waals surface area (Å²) in [6, 6.07) is 0. The number of nitrogens with zero attached hydrogens (tertiary/aromatic N) is 2. The Balaban J connectivity index is 2.37. The van der Waals surface area contributed by atoms with Gasteiger partial charge in [-0.2, -0.15) is 0 Å². The molecule has 0 aromatic carbocycles. The fourth-order valence-electron chi connectivity index (χ4n) is 1.09. The third-order valence-electron chi connectivity index (χ3n) is 1.97. The average molecular weight is 256 g/mol. The van der Waals surface area contributed by atoms with Gasteiger partial charge in [0.2, 0.25) is 11.0 Å². The van der Waals surface area contributed by atoms with Crippen LogP contribution in [-0.2, 0) is 9.59 Å². The molecular formula is C10H14N3O3S-. The second kappa shape index (κ2) is 6.29. The van der Waals surface area contributed by atoms with E-state index < -0.39 is 5.97 Å². The highest BCUT2D eigenvalue weighted by molar-refractivity contribution is 7.15. The van der Waals surface area contributed by atoms with Crippen molar-refractivity contribution in [1.82, 2.24) is 10.2 Å². The van der Waals surface area contributed by atoms with Crippen LogP contribution in [0, 0.1) is 0 Å². The Kier molecular flexibility index (Phi) is 5.02. The van der Waals surface area contributed by atoms with Gasteiger partial charge in [-0.15, -0.1) is 10.2 Å². The number of aliphatic carboxylic acids is 1. The van der Waals surface area contributed by atoms with Crippen molar-refractivity contribution < 1.29 is 14.7 Å². The zero-order chi connectivity index (χ0) is 12.8. The molecule has 0 radical (unpaired) electrons. The number of carboxylic acid groups (broad SMARTS) is 1. The minimum atomic E-state index is -1.14. The van der Waals surface area contributed by atoms with Gasteiger partial charge in [0.1, 0.15) is 5.01 Å². The minimum absolute atomic E-state index is 0.110. The van der Waals surface area contributed by atoms with Crippen LogP contribution < -0.4 is 10.4 Å². The number of carboxylic acids is 1. The van der Waals surface area contributed by atoms with Gasteiger partial charge in [0.15, 0.2) is 0 Å². The first-order valence-corrected chi connectivity index (χ1v) is 6.13. The van der Waals surface area contributed by atoms with Crippen LogP contribution in [-0.4, -0.2) is 22.1 Å². The van der Waals surface area contributed by atoms with Crippen LogP contribution in [0.4, 0.5) is 5.13 Å². The highest BCUT2D eigenvalue weighted by Crippen LogP contribution is 2.22. The molecule has 1 heterocycles. The number of hydrogen-bond acceptors (Lipinski definition) is 6. The molecule has 0 bridgehead atoms. The van der Waals surface area contributed by atoms with Gasteiger partial charge < -0.3 is 15.2 Å². The van der Waals surface area contributed by atoms with Crippen molar-refractivity contribution in [1.29, 1.82) is 0 Å². The maximum atomic E-state index is 11.4. The van der Waals surface area contributed by atoms with Gasteiger partial charge in [0, 0.05) is 18.3 Å². The van der Waals surface area contributed by atoms with Gasteiger partial charge in [-0.25, -0.2) is 0 Å². The molecule has 0 saturated carbocycles. The normalized spacial score (nSPS) is 10.5. The van der Waals surface area contributed by atoms with Crippen LogP contribution in [0.2, 0.25) is 0 Å². The summed E-state index contributed by atoms with van der Waals surface area (Å²) in [7, 11) is 0. The van der Waals surface area contributed by atoms with E-state index in [1.165, 1.54) is 11.3 Å². The lowest BCUT2D eigenvalue weighted by atomic mass is 10.2. The molecule has 1 aromatic rings. The van der Waals surface area contributed by atoms with Crippen molar-refractivity contribution in [2.75, 3.05) is 5.32 Å². The van der Waals surface area contributed by atoms with Crippen molar-refractivity contribution >= 4 is 28.3 Å². The summed E-state index contributed by atoms with van der Waals surface area (Å²) in [5.41, 5.74) is 0. The van der Waals surface area contributed by atoms with Crippen molar-refractivity contribution in [2.45, 2.75) is 39.0 Å². The highest BCUT2D eigenvalue weighted by Gasteiger charge is 2.10. The smallest absolute Gasteiger partial charge is 0.226 e. The molecule has 1 amide bonds. The molecule has 1 aromatic heterocycles. The van der Waals surface area contributed by atoms with E-state index in [0.717, 1.165) is 5.01 Å². The Morgan fingerprint density at radius 1 is 1.35 bits per heavy atom. The van der Waals surface area contributed by atoms with E-state index in [1.54, 1.807) is 0 Å². The van der Waals surface area contributed by atoms with E-state index >= 15 is 0 Å². The molecule has 0 unspecified atom stereocenters. The second-order valence-electron chi connectivity index (χ2n) is 3.87. The van der Waals surface area contributed by atoms with Gasteiger partial charge >= 0.3 is 0 Å². The lowest BCUT2D eigenvalue weighted by Gasteiger charge is -2.01. The number of rotatable bonds is 6. The van der Waals surface area contributed by atoms with E-state index in [0.29, 0.717) is 5.13 Å². The number of aromatic nitrogens is 2. The molecule has 0 aliphatic carbocycles. The summed E-state index contributed by atoms with van der Waals surface area (Å²) in [4.78, 5) is 21.5. The van der Waals surface area contributed by atoms with Crippen LogP contribution in [0.15, 0.2) is 0 Å². The molecular weight excluding hydrogens is 242 g/mol. The highest BCUT2D eigenvalue weighted by atomic mass is 32.1. The predicted molar refractivity (Wildman–Crippen MR) is 61.5 cm³/mol. The summed E-state index contributed by atoms with van der Waals surface area (Å²) in [5, 5.41) is 21.8. The Morgan fingerprint density at radius 2 is 2.06 bits per heavy atom. The summed E-state index contributed by atoms with van der Waals surface area (Å²) in [6.07, 6.45) is 0.301. The molecule has 0 spiro atoms. The Bertz CT molecular complexity index is 403. The van der Waals surface area contributed by atoms with E-state index in [9.17, 15) is 14.7 Å². The Labute approximate surface area is 103 Å². The fraction of sp³-hybridized carbons (Fsp3) is 0.600. The maximum absolute atomic E-state index is 11.4. The quantitative estimate of drug-likeness (QED) is 0.800. The number of carbonyl (C=O) groups is 2. The summed E-state index contributed by atoms with van der Waals surface area (Å²) in [5.74, 6) is -1.12. The Hall–Kier alpha value is -1.50. The molecule has 0 aliphatic heterocycles. The summed E-state index contributed by atoms with van der Waals surface area (Å²) in [6.45, 7) is 3.98. The van der Waals surface area contributed by atoms with E-state index in [-0.39, 0.29) is 31.1 Å². The molecule has 0 aliphatic rings. The fourth-order valence-corrected chi connectivity index (χ4v) is 1.86. The average Bonchev–Trinajstić information content (AvgIpc) is 2.65. The predicted octanol–water partition coefficient (Wildman–Crippen LogP) is 0.520. The van der Waals surface area contributed by atoms with Gasteiger partial charge in [-0.1, -0.05) is 25.2 Å². The van der Waals surface area contributed by atoms with Crippen molar-refractivity contribution in [3.63, 3.8) is 0 Å². The van der Waals surface area contributed by atoms with Crippen LogP contribution >= 0.6 is 11.3 Å². The van der Waals surface area contributed by atoms with E-state index in [4.69, 9.17) is 0 Å². The number of nitrogens with one attached hydrogen (secondary N) is 1. The molecule has 6 nitrogen and oxygen atoms in total. The van der Waals surface area contributed by atoms with Crippen molar-refractivity contribution in [3.05, 3.63) is 5.01 Å². The molecule has 1 N–H and O–H groups in total. The molecule has 1 rings (SSSR count). The first-order valence-electron chi connectivity index (χ1n) is 5.32. The number of carbonyl (C=O) groups excluding carboxylic acids is 2. The van der Waals surface area contributed by atoms with Gasteiger partial charge in [0.25, 0.3) is 0 Å². The third kappa shape index (κ3) is 4.90. The van der Waals surface area contributed by atoms with Crippen molar-refractivity contribution in [2.24, 2.45) is 0 Å². The van der Waals surface area contributed by atoms with Crippen LogP contribution in [0.3, 0.4) is 0 Å². The largest absolute Gasteiger partial charge is 0.550 e. The molecule has 0 atom stereocenters. The molecule has 94 valence electrons. The standard InChI is InChI=1S/C10H15N3O3S/c1-6(2)9-12-13-10(17-9)11-7(14)4-3-5-8(15)16/h6H,3-5H2,1-2H3,(H,15,16)(H,11,13,14)/p-1. The number of hydrogen-bond donors (Lipinski definition) is 1. The number of amides is 1. The lowest BCUT2D eigenvalue weighted by Crippen LogP contribution is -2.22. The van der Waals surface area contributed by atoms with Gasteiger partial charge in [-0.3, -0.25) is 4.79 Å². The van der Waals surface area contributed by atoms with Crippen molar-refractivity contribution in [3.8, 4) is 0 Å². The number of anilines is 1. The molecule has 0 saturated heterocycles. The van der Waals surface area contributed by atoms with E-state index in [1.807, 2.05) is 13.8 Å². The topological polar surface area (TPSA) is 95.0 Å². The first-order chi connectivity index (χ1) is 7.99. The zero-order valence-electron chi connectivity index (χ0n) is 9.73. The lowest BCUT2D eigenvalue weighted by molar-refractivity contribution is -0.305. The zero-order valence-corrected chi connectivity index (χ0v) is 10.5. The summed E-state index contributed by atoms with van der Waals surface area (Å²) >= 11 is 1.33. The molecule has 17 heavy (non-hydrogen) atoms. The van der Waals surface area contributed by atoms with E-state index in [2.05, 4.69) is 15.5 Å². The van der Waals surface area contributed by atoms with Crippen LogP contribution in [0.5, 0.6) is 0 Å². The molecule has 0 fully saturated rings. The molecule has 7 heteroatoms. The minimum Gasteiger partial charge on any atom is -0.550 e. The SMILES string of the molecule is CC(C)c1nnc(NC(=O)CCCC(=O)[O-])s1. The van der Waals surface area contributed by atoms with Crippen LogP contribution in [0.25, 0.3) is 0 Å².